The first-order valence-corrected chi connectivity index (χ1v) is 9.24. The molecule has 5 rings (SSSR count). The van der Waals surface area contributed by atoms with Gasteiger partial charge in [0.05, 0.1) is 12.8 Å². The van der Waals surface area contributed by atoms with E-state index in [1.807, 2.05) is 19.1 Å². The highest BCUT2D eigenvalue weighted by Gasteiger charge is 2.51. The predicted molar refractivity (Wildman–Crippen MR) is 95.4 cm³/mol. The van der Waals surface area contributed by atoms with Crippen LogP contribution >= 0.6 is 0 Å². The standard InChI is InChI=1S/C20H26N2O3/c1-12-3-4-17(25-2)16(5-12)21-18(23)19(24)22-20-9-13-6-14(10-20)8-15(7-13)11-20/h3-5,13-15H,6-11H2,1-2H3,(H,21,23)(H,22,24). The van der Waals surface area contributed by atoms with Gasteiger partial charge < -0.3 is 15.4 Å². The van der Waals surface area contributed by atoms with E-state index in [0.29, 0.717) is 11.4 Å². The molecule has 0 heterocycles. The summed E-state index contributed by atoms with van der Waals surface area (Å²) in [5, 5.41) is 5.81. The fourth-order valence-corrected chi connectivity index (χ4v) is 5.66. The number of aryl methyl sites for hydroxylation is 1. The van der Waals surface area contributed by atoms with Crippen LogP contribution in [0.25, 0.3) is 0 Å². The second-order valence-electron chi connectivity index (χ2n) is 8.31. The molecule has 0 saturated heterocycles. The van der Waals surface area contributed by atoms with Crippen molar-refractivity contribution in [3.8, 4) is 5.75 Å². The summed E-state index contributed by atoms with van der Waals surface area (Å²) in [4.78, 5) is 25.0. The summed E-state index contributed by atoms with van der Waals surface area (Å²) in [6.45, 7) is 1.94. The zero-order valence-electron chi connectivity index (χ0n) is 14.9. The summed E-state index contributed by atoms with van der Waals surface area (Å²) in [5.41, 5.74) is 1.38. The van der Waals surface area contributed by atoms with Crippen molar-refractivity contribution in [2.24, 2.45) is 17.8 Å². The van der Waals surface area contributed by atoms with Crippen molar-refractivity contribution >= 4 is 17.5 Å². The lowest BCUT2D eigenvalue weighted by Gasteiger charge is -2.56. The molecule has 0 atom stereocenters. The first-order chi connectivity index (χ1) is 12.0. The van der Waals surface area contributed by atoms with Crippen LogP contribution in [0.3, 0.4) is 0 Å². The van der Waals surface area contributed by atoms with Crippen LogP contribution < -0.4 is 15.4 Å². The van der Waals surface area contributed by atoms with Crippen LogP contribution in [-0.2, 0) is 9.59 Å². The number of nitrogens with one attached hydrogen (secondary N) is 2. The molecule has 25 heavy (non-hydrogen) atoms. The third-order valence-electron chi connectivity index (χ3n) is 6.23. The molecular weight excluding hydrogens is 316 g/mol. The van der Waals surface area contributed by atoms with Crippen molar-refractivity contribution in [1.82, 2.24) is 5.32 Å². The van der Waals surface area contributed by atoms with E-state index >= 15 is 0 Å². The molecule has 0 spiro atoms. The number of benzene rings is 1. The lowest BCUT2D eigenvalue weighted by atomic mass is 9.53. The number of hydrogen-bond acceptors (Lipinski definition) is 3. The van der Waals surface area contributed by atoms with E-state index < -0.39 is 11.8 Å². The van der Waals surface area contributed by atoms with E-state index in [-0.39, 0.29) is 5.54 Å². The third-order valence-corrected chi connectivity index (χ3v) is 6.23. The van der Waals surface area contributed by atoms with Crippen molar-refractivity contribution in [3.63, 3.8) is 0 Å². The molecule has 4 fully saturated rings. The number of hydrogen-bond donors (Lipinski definition) is 2. The van der Waals surface area contributed by atoms with Crippen molar-refractivity contribution < 1.29 is 14.3 Å². The van der Waals surface area contributed by atoms with Gasteiger partial charge in [-0.05, 0) is 80.9 Å². The van der Waals surface area contributed by atoms with E-state index in [2.05, 4.69) is 10.6 Å². The minimum atomic E-state index is -0.611. The topological polar surface area (TPSA) is 67.4 Å². The van der Waals surface area contributed by atoms with Gasteiger partial charge >= 0.3 is 11.8 Å². The molecule has 2 amide bonds. The van der Waals surface area contributed by atoms with E-state index in [1.165, 1.54) is 19.3 Å². The Hall–Kier alpha value is -2.04. The summed E-state index contributed by atoms with van der Waals surface area (Å²) in [6.07, 6.45) is 7.02. The van der Waals surface area contributed by atoms with E-state index in [1.54, 1.807) is 13.2 Å². The molecule has 4 saturated carbocycles. The summed E-state index contributed by atoms with van der Waals surface area (Å²) >= 11 is 0. The van der Waals surface area contributed by atoms with Gasteiger partial charge in [0.2, 0.25) is 0 Å². The van der Waals surface area contributed by atoms with Crippen LogP contribution in [0.4, 0.5) is 5.69 Å². The molecule has 0 aliphatic heterocycles. The quantitative estimate of drug-likeness (QED) is 0.830. The molecule has 0 unspecified atom stereocenters. The third kappa shape index (κ3) is 3.12. The number of ether oxygens (including phenoxy) is 1. The molecule has 4 aliphatic carbocycles. The van der Waals surface area contributed by atoms with E-state index in [4.69, 9.17) is 4.74 Å². The maximum Gasteiger partial charge on any atom is 0.313 e. The van der Waals surface area contributed by atoms with Crippen LogP contribution in [0, 0.1) is 24.7 Å². The minimum Gasteiger partial charge on any atom is -0.495 e. The average molecular weight is 342 g/mol. The van der Waals surface area contributed by atoms with Crippen LogP contribution in [-0.4, -0.2) is 24.5 Å². The number of amides is 2. The van der Waals surface area contributed by atoms with Crippen LogP contribution in [0.2, 0.25) is 0 Å². The van der Waals surface area contributed by atoms with Gasteiger partial charge in [0, 0.05) is 5.54 Å². The first kappa shape index (κ1) is 16.4. The van der Waals surface area contributed by atoms with Crippen molar-refractivity contribution in [2.45, 2.75) is 51.0 Å². The predicted octanol–water partition coefficient (Wildman–Crippen LogP) is 3.03. The number of anilines is 1. The second-order valence-corrected chi connectivity index (χ2v) is 8.31. The molecule has 5 nitrogen and oxygen atoms in total. The molecule has 4 bridgehead atoms. The Balaban J connectivity index is 1.45. The first-order valence-electron chi connectivity index (χ1n) is 9.24. The molecule has 2 N–H and O–H groups in total. The molecule has 0 radical (unpaired) electrons. The van der Waals surface area contributed by atoms with Crippen LogP contribution in [0.15, 0.2) is 18.2 Å². The van der Waals surface area contributed by atoms with E-state index in [9.17, 15) is 9.59 Å². The van der Waals surface area contributed by atoms with Crippen molar-refractivity contribution in [3.05, 3.63) is 23.8 Å². The van der Waals surface area contributed by atoms with E-state index in [0.717, 1.165) is 42.6 Å². The Morgan fingerprint density at radius 1 is 1.04 bits per heavy atom. The van der Waals surface area contributed by atoms with Gasteiger partial charge in [-0.15, -0.1) is 0 Å². The summed E-state index contributed by atoms with van der Waals surface area (Å²) in [7, 11) is 1.55. The summed E-state index contributed by atoms with van der Waals surface area (Å²) < 4.78 is 5.27. The van der Waals surface area contributed by atoms with Crippen LogP contribution in [0.5, 0.6) is 5.75 Å². The highest BCUT2D eigenvalue weighted by atomic mass is 16.5. The zero-order valence-corrected chi connectivity index (χ0v) is 14.9. The lowest BCUT2D eigenvalue weighted by molar-refractivity contribution is -0.139. The Labute approximate surface area is 148 Å². The molecular formula is C20H26N2O3. The summed E-state index contributed by atoms with van der Waals surface area (Å²) in [6, 6.07) is 5.51. The van der Waals surface area contributed by atoms with Gasteiger partial charge in [-0.3, -0.25) is 9.59 Å². The Bertz CT molecular complexity index is 678. The minimum absolute atomic E-state index is 0.153. The highest BCUT2D eigenvalue weighted by Crippen LogP contribution is 2.55. The molecule has 5 heteroatoms. The Kier molecular flexibility index (Phi) is 3.97. The molecule has 134 valence electrons. The fourth-order valence-electron chi connectivity index (χ4n) is 5.66. The van der Waals surface area contributed by atoms with Gasteiger partial charge in [0.1, 0.15) is 5.75 Å². The van der Waals surface area contributed by atoms with Gasteiger partial charge in [0.15, 0.2) is 0 Å². The Morgan fingerprint density at radius 2 is 1.64 bits per heavy atom. The Morgan fingerprint density at radius 3 is 2.20 bits per heavy atom. The zero-order chi connectivity index (χ0) is 17.6. The number of rotatable bonds is 3. The highest BCUT2D eigenvalue weighted by molar-refractivity contribution is 6.40. The smallest absolute Gasteiger partial charge is 0.313 e. The normalized spacial score (nSPS) is 32.3. The number of carbonyl (C=O) groups excluding carboxylic acids is 2. The molecule has 0 aromatic heterocycles. The monoisotopic (exact) mass is 342 g/mol. The van der Waals surface area contributed by atoms with Crippen LogP contribution in [0.1, 0.15) is 44.1 Å². The average Bonchev–Trinajstić information content (AvgIpc) is 2.53. The van der Waals surface area contributed by atoms with Gasteiger partial charge in [-0.1, -0.05) is 6.07 Å². The summed E-state index contributed by atoms with van der Waals surface area (Å²) in [5.74, 6) is 1.61. The van der Waals surface area contributed by atoms with Gasteiger partial charge in [-0.25, -0.2) is 0 Å². The largest absolute Gasteiger partial charge is 0.495 e. The molecule has 1 aromatic rings. The second kappa shape index (κ2) is 6.04. The van der Waals surface area contributed by atoms with Gasteiger partial charge in [-0.2, -0.15) is 0 Å². The molecule has 1 aromatic carbocycles. The van der Waals surface area contributed by atoms with Crippen molar-refractivity contribution in [2.75, 3.05) is 12.4 Å². The SMILES string of the molecule is COc1ccc(C)cc1NC(=O)C(=O)NC12CC3CC(CC(C3)C1)C2. The fraction of sp³-hybridized carbons (Fsp3) is 0.600. The van der Waals surface area contributed by atoms with Crippen molar-refractivity contribution in [1.29, 1.82) is 0 Å². The van der Waals surface area contributed by atoms with Gasteiger partial charge in [0.25, 0.3) is 0 Å². The maximum absolute atomic E-state index is 12.6. The molecule has 4 aliphatic rings. The number of methoxy groups -OCH3 is 1. The maximum atomic E-state index is 12.6. The number of carbonyl (C=O) groups is 2. The lowest BCUT2D eigenvalue weighted by Crippen LogP contribution is -2.61.